The predicted molar refractivity (Wildman–Crippen MR) is 387 cm³/mol. The third kappa shape index (κ3) is 19.0. The second-order valence-electron chi connectivity index (χ2n) is 32.8. The average Bonchev–Trinajstić information content (AvgIpc) is 1.44. The Morgan fingerprint density at radius 1 is 0.163 bits per heavy atom. The molecule has 0 heteroatoms. The summed E-state index contributed by atoms with van der Waals surface area (Å²) in [5.74, 6) is 0. The van der Waals surface area contributed by atoms with Crippen LogP contribution in [0.15, 0.2) is 127 Å². The van der Waals surface area contributed by atoms with E-state index in [1.807, 2.05) is 0 Å². The fourth-order valence-electron chi connectivity index (χ4n) is 10.3. The van der Waals surface area contributed by atoms with E-state index in [1.165, 1.54) is 66.8 Å². The summed E-state index contributed by atoms with van der Waals surface area (Å²) in [5, 5.41) is 0. The highest BCUT2D eigenvalue weighted by Crippen LogP contribution is 2.36. The van der Waals surface area contributed by atoms with Crippen molar-refractivity contribution in [2.45, 2.75) is 209 Å². The van der Waals surface area contributed by atoms with E-state index in [0.29, 0.717) is 0 Å². The maximum Gasteiger partial charge on any atom is -0.0132 e. The number of benzene rings is 7. The molecule has 0 saturated heterocycles. The van der Waals surface area contributed by atoms with Crippen LogP contribution in [0.4, 0.5) is 0 Å². The monoisotopic (exact) mass is 1140 g/mol. The van der Waals surface area contributed by atoms with Crippen LogP contribution in [0, 0.1) is 6.07 Å². The van der Waals surface area contributed by atoms with Gasteiger partial charge in [-0.05, 0) is 215 Å². The highest BCUT2D eigenvalue weighted by molar-refractivity contribution is 5.82. The van der Waals surface area contributed by atoms with Crippen molar-refractivity contribution in [2.24, 2.45) is 0 Å². The number of rotatable bonds is 12. The molecule has 0 unspecified atom stereocenters. The molecule has 7 rings (SSSR count). The molecular weight excluding hydrogens is 1030 g/mol. The van der Waals surface area contributed by atoms with Gasteiger partial charge in [0.15, 0.2) is 0 Å². The fourth-order valence-corrected chi connectivity index (χ4v) is 10.3. The lowest BCUT2D eigenvalue weighted by molar-refractivity contribution is 0.568. The molecule has 0 aliphatic heterocycles. The van der Waals surface area contributed by atoms with Crippen LogP contribution in [0.1, 0.15) is 277 Å². The minimum absolute atomic E-state index is 0.0339. The van der Waals surface area contributed by atoms with Crippen molar-refractivity contribution in [1.82, 2.24) is 0 Å². The molecule has 0 saturated carbocycles. The summed E-state index contributed by atoms with van der Waals surface area (Å²) in [7, 11) is 0. The van der Waals surface area contributed by atoms with Gasteiger partial charge in [0.1, 0.15) is 0 Å². The van der Waals surface area contributed by atoms with Crippen molar-refractivity contribution in [3.8, 4) is 0 Å². The molecule has 0 aliphatic rings. The van der Waals surface area contributed by atoms with Gasteiger partial charge >= 0.3 is 0 Å². The lowest BCUT2D eigenvalue weighted by Crippen LogP contribution is -2.16. The van der Waals surface area contributed by atoms with E-state index in [9.17, 15) is 0 Å². The highest BCUT2D eigenvalue weighted by atomic mass is 14.3. The van der Waals surface area contributed by atoms with E-state index in [2.05, 4.69) is 373 Å². The van der Waals surface area contributed by atoms with Crippen LogP contribution >= 0.6 is 0 Å². The number of hydrogen-bond donors (Lipinski definition) is 0. The Morgan fingerprint density at radius 3 is 0.419 bits per heavy atom. The van der Waals surface area contributed by atoms with Crippen LogP contribution in [0.25, 0.3) is 72.9 Å². The van der Waals surface area contributed by atoms with Crippen molar-refractivity contribution in [3.05, 3.63) is 245 Å². The van der Waals surface area contributed by atoms with Crippen molar-refractivity contribution >= 4 is 72.9 Å². The maximum atomic E-state index is 3.47. The first-order valence-electron chi connectivity index (χ1n) is 31.6. The summed E-state index contributed by atoms with van der Waals surface area (Å²) in [6.45, 7) is 55.4. The van der Waals surface area contributed by atoms with E-state index in [4.69, 9.17) is 0 Å². The molecule has 0 spiro atoms. The van der Waals surface area contributed by atoms with Crippen molar-refractivity contribution in [1.29, 1.82) is 0 Å². The topological polar surface area (TPSA) is 0 Å². The molecule has 0 aliphatic carbocycles. The molecule has 0 fully saturated rings. The lowest BCUT2D eigenvalue weighted by atomic mass is 9.79. The van der Waals surface area contributed by atoms with E-state index in [1.54, 1.807) is 0 Å². The summed E-state index contributed by atoms with van der Waals surface area (Å²) in [5.41, 5.74) is 25.0. The standard InChI is InChI=1S/C86H105/c1-79(2,3)71-47-67(48-72(55-71)80(4,5)6)36-32-63-41-61(42-64(45-63)33-37-68-49-73(81(7,8)9)56-74(50-68)82(10,11)12)30-28-59-26-25-27-60(40-59)29-31-62-43-65(34-38-69-51-75(83(13,14)15)57-76(52-69)84(16,17)18)46-66(44-62)35-39-70-53-77(85(19,20)21)58-78(54-70)86(22,23)24/h26-58H,1-24H3. The van der Waals surface area contributed by atoms with E-state index in [0.717, 1.165) is 44.5 Å². The molecule has 7 aromatic rings. The summed E-state index contributed by atoms with van der Waals surface area (Å²) < 4.78 is 0. The van der Waals surface area contributed by atoms with Crippen LogP contribution in [-0.4, -0.2) is 0 Å². The maximum absolute atomic E-state index is 3.47. The van der Waals surface area contributed by atoms with Crippen LogP contribution < -0.4 is 0 Å². The van der Waals surface area contributed by atoms with Crippen molar-refractivity contribution < 1.29 is 0 Å². The van der Waals surface area contributed by atoms with Crippen LogP contribution in [0.3, 0.4) is 0 Å². The minimum Gasteiger partial charge on any atom is -0.0561 e. The van der Waals surface area contributed by atoms with Crippen molar-refractivity contribution in [3.63, 3.8) is 0 Å². The Labute approximate surface area is 524 Å². The predicted octanol–water partition coefficient (Wildman–Crippen LogP) is 24.9. The molecule has 0 bridgehead atoms. The minimum atomic E-state index is 0.0339. The molecule has 0 amide bonds. The van der Waals surface area contributed by atoms with Crippen molar-refractivity contribution in [2.75, 3.05) is 0 Å². The smallest absolute Gasteiger partial charge is 0.0132 e. The van der Waals surface area contributed by atoms with Gasteiger partial charge in [-0.2, -0.15) is 0 Å². The fraction of sp³-hybridized carbons (Fsp3) is 0.372. The zero-order valence-electron chi connectivity index (χ0n) is 57.6. The van der Waals surface area contributed by atoms with Crippen LogP contribution in [0.2, 0.25) is 0 Å². The second-order valence-corrected chi connectivity index (χ2v) is 32.8. The SMILES string of the molecule is CC(C)(C)c1cc(C=Cc2cc(C=Cc3c[c]cc(C=Cc4cc(C=Cc5cc(C(C)(C)C)cc(C(C)(C)C)c5)cc(C=Cc5cc(C(C)(C)C)cc(C(C)(C)C)c5)c4)c3)cc(C=Cc3cc(C(C)(C)C)cc(C(C)(C)C)c3)c2)cc(C(C)(C)C)c1. The van der Waals surface area contributed by atoms with E-state index < -0.39 is 0 Å². The lowest BCUT2D eigenvalue weighted by Gasteiger charge is -2.25. The largest absolute Gasteiger partial charge is 0.0561 e. The zero-order chi connectivity index (χ0) is 63.6. The van der Waals surface area contributed by atoms with Gasteiger partial charge in [-0.15, -0.1) is 0 Å². The quantitative estimate of drug-likeness (QED) is 0.107. The Kier molecular flexibility index (Phi) is 19.6. The normalized spacial score (nSPS) is 13.8. The van der Waals surface area contributed by atoms with Gasteiger partial charge in [-0.25, -0.2) is 0 Å². The summed E-state index contributed by atoms with van der Waals surface area (Å²) >= 11 is 0. The molecule has 0 heterocycles. The van der Waals surface area contributed by atoms with E-state index >= 15 is 0 Å². The molecule has 0 nitrogen and oxygen atoms in total. The molecule has 0 aromatic heterocycles. The van der Waals surface area contributed by atoms with Gasteiger partial charge in [0, 0.05) is 0 Å². The average molecular weight is 1140 g/mol. The van der Waals surface area contributed by atoms with E-state index in [-0.39, 0.29) is 43.3 Å². The first-order valence-corrected chi connectivity index (χ1v) is 31.6. The summed E-state index contributed by atoms with van der Waals surface area (Å²) in [4.78, 5) is 0. The first-order chi connectivity index (χ1) is 39.5. The molecule has 0 N–H and O–H groups in total. The van der Waals surface area contributed by atoms with Crippen LogP contribution in [-0.2, 0) is 43.3 Å². The van der Waals surface area contributed by atoms with Gasteiger partial charge in [-0.1, -0.05) is 312 Å². The van der Waals surface area contributed by atoms with Crippen LogP contribution in [0.5, 0.6) is 0 Å². The van der Waals surface area contributed by atoms with Gasteiger partial charge in [-0.3, -0.25) is 0 Å². The molecular formula is C86H105. The summed E-state index contributed by atoms with van der Waals surface area (Å²) in [6, 6.07) is 52.2. The third-order valence-corrected chi connectivity index (χ3v) is 16.4. The third-order valence-electron chi connectivity index (χ3n) is 16.4. The first kappa shape index (κ1) is 66.5. The van der Waals surface area contributed by atoms with Gasteiger partial charge in [0.25, 0.3) is 0 Å². The van der Waals surface area contributed by atoms with Gasteiger partial charge < -0.3 is 0 Å². The van der Waals surface area contributed by atoms with Gasteiger partial charge in [0.2, 0.25) is 0 Å². The molecule has 7 aromatic carbocycles. The zero-order valence-corrected chi connectivity index (χ0v) is 57.6. The Bertz CT molecular complexity index is 3150. The molecule has 1 radical (unpaired) electrons. The Morgan fingerprint density at radius 2 is 0.279 bits per heavy atom. The Hall–Kier alpha value is -7.02. The number of hydrogen-bond acceptors (Lipinski definition) is 0. The Balaban J connectivity index is 1.27. The molecule has 86 heavy (non-hydrogen) atoms. The molecule has 449 valence electrons. The summed E-state index contributed by atoms with van der Waals surface area (Å²) in [6.07, 6.45) is 27.3. The van der Waals surface area contributed by atoms with Gasteiger partial charge in [0.05, 0.1) is 0 Å². The molecule has 0 atom stereocenters. The second kappa shape index (κ2) is 25.4. The highest BCUT2D eigenvalue weighted by Gasteiger charge is 2.24.